The van der Waals surface area contributed by atoms with Crippen LogP contribution in [-0.2, 0) is 0 Å². The van der Waals surface area contributed by atoms with Gasteiger partial charge in [-0.15, -0.1) is 0 Å². The molecule has 0 aromatic heterocycles. The normalized spacial score (nSPS) is 12.7. The molecular formula is C16H26FN. The zero-order chi connectivity index (χ0) is 13.4. The van der Waals surface area contributed by atoms with Crippen LogP contribution in [0.2, 0.25) is 0 Å². The van der Waals surface area contributed by atoms with E-state index < -0.39 is 0 Å². The fourth-order valence-electron chi connectivity index (χ4n) is 2.36. The number of hydrogen-bond donors (Lipinski definition) is 1. The summed E-state index contributed by atoms with van der Waals surface area (Å²) in [7, 11) is 0. The zero-order valence-electron chi connectivity index (χ0n) is 11.7. The molecule has 0 radical (unpaired) electrons. The molecule has 0 heterocycles. The van der Waals surface area contributed by atoms with E-state index in [1.54, 1.807) is 6.07 Å². The van der Waals surface area contributed by atoms with Crippen LogP contribution in [0.4, 0.5) is 4.39 Å². The molecule has 0 bridgehead atoms. The highest BCUT2D eigenvalue weighted by molar-refractivity contribution is 5.29. The maximum absolute atomic E-state index is 13.0. The van der Waals surface area contributed by atoms with Gasteiger partial charge >= 0.3 is 0 Å². The third-order valence-corrected chi connectivity index (χ3v) is 3.50. The van der Waals surface area contributed by atoms with E-state index in [2.05, 4.69) is 6.92 Å². The molecule has 0 amide bonds. The Kier molecular flexibility index (Phi) is 6.96. The van der Waals surface area contributed by atoms with Crippen molar-refractivity contribution >= 4 is 0 Å². The van der Waals surface area contributed by atoms with Gasteiger partial charge in [-0.05, 0) is 36.6 Å². The van der Waals surface area contributed by atoms with Gasteiger partial charge in [-0.25, -0.2) is 4.39 Å². The maximum atomic E-state index is 13.0. The molecule has 2 N–H and O–H groups in total. The summed E-state index contributed by atoms with van der Waals surface area (Å²) in [6.07, 6.45) is 8.69. The zero-order valence-corrected chi connectivity index (χ0v) is 11.7. The third kappa shape index (κ3) is 5.18. The highest BCUT2D eigenvalue weighted by atomic mass is 19.1. The van der Waals surface area contributed by atoms with Gasteiger partial charge in [0.2, 0.25) is 0 Å². The minimum atomic E-state index is -0.178. The van der Waals surface area contributed by atoms with Gasteiger partial charge in [0.1, 0.15) is 5.82 Å². The molecule has 0 fully saturated rings. The van der Waals surface area contributed by atoms with E-state index in [-0.39, 0.29) is 11.9 Å². The average Bonchev–Trinajstić information content (AvgIpc) is 2.33. The SMILES string of the molecule is CCCCCCCCC(N)c1ccc(F)cc1C. The highest BCUT2D eigenvalue weighted by Gasteiger charge is 2.09. The van der Waals surface area contributed by atoms with Crippen LogP contribution in [0.15, 0.2) is 18.2 Å². The molecular weight excluding hydrogens is 225 g/mol. The predicted molar refractivity (Wildman–Crippen MR) is 76.1 cm³/mol. The first-order chi connectivity index (χ1) is 8.65. The van der Waals surface area contributed by atoms with Gasteiger partial charge in [0, 0.05) is 6.04 Å². The van der Waals surface area contributed by atoms with Gasteiger partial charge in [-0.1, -0.05) is 51.5 Å². The molecule has 1 aromatic rings. The van der Waals surface area contributed by atoms with Crippen LogP contribution >= 0.6 is 0 Å². The topological polar surface area (TPSA) is 26.0 Å². The van der Waals surface area contributed by atoms with Crippen LogP contribution in [0, 0.1) is 12.7 Å². The van der Waals surface area contributed by atoms with Crippen molar-refractivity contribution in [2.75, 3.05) is 0 Å². The average molecular weight is 251 g/mol. The lowest BCUT2D eigenvalue weighted by atomic mass is 9.97. The molecule has 0 saturated carbocycles. The van der Waals surface area contributed by atoms with Gasteiger partial charge in [0.25, 0.3) is 0 Å². The Bertz CT molecular complexity index is 349. The Hall–Kier alpha value is -0.890. The van der Waals surface area contributed by atoms with Crippen LogP contribution in [0.5, 0.6) is 0 Å². The quantitative estimate of drug-likeness (QED) is 0.654. The van der Waals surface area contributed by atoms with Crippen molar-refractivity contribution in [2.24, 2.45) is 5.73 Å². The number of rotatable bonds is 8. The minimum absolute atomic E-state index is 0.0526. The first-order valence-electron chi connectivity index (χ1n) is 7.16. The first kappa shape index (κ1) is 15.2. The Balaban J connectivity index is 2.29. The molecule has 1 unspecified atom stereocenters. The molecule has 102 valence electrons. The monoisotopic (exact) mass is 251 g/mol. The lowest BCUT2D eigenvalue weighted by Gasteiger charge is -2.14. The second-order valence-electron chi connectivity index (χ2n) is 5.16. The van der Waals surface area contributed by atoms with Crippen molar-refractivity contribution in [1.82, 2.24) is 0 Å². The smallest absolute Gasteiger partial charge is 0.123 e. The van der Waals surface area contributed by atoms with Crippen molar-refractivity contribution in [2.45, 2.75) is 64.8 Å². The van der Waals surface area contributed by atoms with Crippen LogP contribution < -0.4 is 5.73 Å². The number of halogens is 1. The van der Waals surface area contributed by atoms with E-state index in [1.807, 2.05) is 13.0 Å². The van der Waals surface area contributed by atoms with Crippen molar-refractivity contribution < 1.29 is 4.39 Å². The van der Waals surface area contributed by atoms with E-state index in [4.69, 9.17) is 5.73 Å². The molecule has 1 rings (SSSR count). The standard InChI is InChI=1S/C16H26FN/c1-3-4-5-6-7-8-9-16(18)15-11-10-14(17)12-13(15)2/h10-12,16H,3-9,18H2,1-2H3. The summed E-state index contributed by atoms with van der Waals surface area (Å²) in [5.74, 6) is -0.178. The van der Waals surface area contributed by atoms with Crippen molar-refractivity contribution in [3.8, 4) is 0 Å². The number of benzene rings is 1. The van der Waals surface area contributed by atoms with Crippen molar-refractivity contribution in [3.63, 3.8) is 0 Å². The summed E-state index contributed by atoms with van der Waals surface area (Å²) in [5, 5.41) is 0. The summed E-state index contributed by atoms with van der Waals surface area (Å²) >= 11 is 0. The van der Waals surface area contributed by atoms with Gasteiger partial charge in [-0.2, -0.15) is 0 Å². The van der Waals surface area contributed by atoms with E-state index in [0.717, 1.165) is 17.5 Å². The van der Waals surface area contributed by atoms with E-state index >= 15 is 0 Å². The second kappa shape index (κ2) is 8.25. The number of nitrogens with two attached hydrogens (primary N) is 1. The van der Waals surface area contributed by atoms with Crippen LogP contribution in [0.1, 0.15) is 69.0 Å². The fourth-order valence-corrected chi connectivity index (χ4v) is 2.36. The summed E-state index contributed by atoms with van der Waals surface area (Å²) < 4.78 is 13.0. The second-order valence-corrected chi connectivity index (χ2v) is 5.16. The van der Waals surface area contributed by atoms with Crippen LogP contribution in [0.3, 0.4) is 0 Å². The Labute approximate surface area is 111 Å². The predicted octanol–water partition coefficient (Wildman–Crippen LogP) is 4.88. The number of hydrogen-bond acceptors (Lipinski definition) is 1. The Morgan fingerprint density at radius 1 is 1.11 bits per heavy atom. The lowest BCUT2D eigenvalue weighted by molar-refractivity contribution is 0.545. The molecule has 0 saturated heterocycles. The van der Waals surface area contributed by atoms with E-state index in [9.17, 15) is 4.39 Å². The van der Waals surface area contributed by atoms with Gasteiger partial charge in [0.15, 0.2) is 0 Å². The Morgan fingerprint density at radius 3 is 2.44 bits per heavy atom. The first-order valence-corrected chi connectivity index (χ1v) is 7.16. The molecule has 2 heteroatoms. The molecule has 0 aliphatic carbocycles. The van der Waals surface area contributed by atoms with Gasteiger partial charge < -0.3 is 5.73 Å². The van der Waals surface area contributed by atoms with E-state index in [1.165, 1.54) is 44.6 Å². The third-order valence-electron chi connectivity index (χ3n) is 3.50. The molecule has 1 aromatic carbocycles. The molecule has 1 atom stereocenters. The van der Waals surface area contributed by atoms with E-state index in [0.29, 0.717) is 0 Å². The summed E-state index contributed by atoms with van der Waals surface area (Å²) in [6.45, 7) is 4.16. The van der Waals surface area contributed by atoms with Gasteiger partial charge in [-0.3, -0.25) is 0 Å². The van der Waals surface area contributed by atoms with Crippen molar-refractivity contribution in [1.29, 1.82) is 0 Å². The minimum Gasteiger partial charge on any atom is -0.324 e. The molecule has 1 nitrogen and oxygen atoms in total. The Morgan fingerprint density at radius 2 is 1.78 bits per heavy atom. The molecule has 0 aliphatic heterocycles. The number of unbranched alkanes of at least 4 members (excludes halogenated alkanes) is 5. The summed E-state index contributed by atoms with van der Waals surface area (Å²) in [6, 6.07) is 4.95. The van der Waals surface area contributed by atoms with Crippen LogP contribution in [-0.4, -0.2) is 0 Å². The highest BCUT2D eigenvalue weighted by Crippen LogP contribution is 2.22. The maximum Gasteiger partial charge on any atom is 0.123 e. The fraction of sp³-hybridized carbons (Fsp3) is 0.625. The van der Waals surface area contributed by atoms with Gasteiger partial charge in [0.05, 0.1) is 0 Å². The number of aryl methyl sites for hydroxylation is 1. The summed E-state index contributed by atoms with van der Waals surface area (Å²) in [4.78, 5) is 0. The molecule has 0 aliphatic rings. The molecule has 18 heavy (non-hydrogen) atoms. The molecule has 0 spiro atoms. The summed E-state index contributed by atoms with van der Waals surface area (Å²) in [5.41, 5.74) is 8.22. The lowest BCUT2D eigenvalue weighted by Crippen LogP contribution is -2.11. The van der Waals surface area contributed by atoms with Crippen molar-refractivity contribution in [3.05, 3.63) is 35.1 Å². The largest absolute Gasteiger partial charge is 0.324 e. The van der Waals surface area contributed by atoms with Crippen LogP contribution in [0.25, 0.3) is 0 Å².